The van der Waals surface area contributed by atoms with E-state index in [1.807, 2.05) is 0 Å². The van der Waals surface area contributed by atoms with Crippen LogP contribution in [0.15, 0.2) is 35.3 Å². The smallest absolute Gasteiger partial charge is 0.191 e. The van der Waals surface area contributed by atoms with Gasteiger partial charge in [-0.15, -0.1) is 24.0 Å². The number of hydrogen-bond acceptors (Lipinski definition) is 3. The van der Waals surface area contributed by atoms with Crippen LogP contribution in [0, 0.1) is 0 Å². The number of rotatable bonds is 4. The van der Waals surface area contributed by atoms with Gasteiger partial charge in [0.15, 0.2) is 5.96 Å². The van der Waals surface area contributed by atoms with Gasteiger partial charge >= 0.3 is 0 Å². The molecular weight excluding hydrogens is 325 g/mol. The lowest BCUT2D eigenvalue weighted by Crippen LogP contribution is -2.41. The van der Waals surface area contributed by atoms with Gasteiger partial charge in [0.1, 0.15) is 0 Å². The van der Waals surface area contributed by atoms with Gasteiger partial charge in [-0.1, -0.05) is 30.3 Å². The molecule has 17 heavy (non-hydrogen) atoms. The van der Waals surface area contributed by atoms with Crippen LogP contribution in [0.5, 0.6) is 0 Å². The minimum absolute atomic E-state index is 0. The summed E-state index contributed by atoms with van der Waals surface area (Å²) < 4.78 is 0. The molecule has 0 aromatic heterocycles. The Morgan fingerprint density at radius 2 is 2.06 bits per heavy atom. The maximum absolute atomic E-state index is 4.37. The van der Waals surface area contributed by atoms with Crippen LogP contribution in [0.3, 0.4) is 0 Å². The van der Waals surface area contributed by atoms with E-state index in [1.165, 1.54) is 5.56 Å². The van der Waals surface area contributed by atoms with E-state index in [-0.39, 0.29) is 24.0 Å². The highest BCUT2D eigenvalue weighted by molar-refractivity contribution is 14.0. The molecule has 2 N–H and O–H groups in total. The van der Waals surface area contributed by atoms with Crippen LogP contribution >= 0.6 is 24.0 Å². The molecule has 0 bridgehead atoms. The van der Waals surface area contributed by atoms with Gasteiger partial charge in [0, 0.05) is 19.6 Å². The summed E-state index contributed by atoms with van der Waals surface area (Å²) in [6.45, 7) is 2.99. The molecule has 1 aliphatic heterocycles. The van der Waals surface area contributed by atoms with E-state index in [1.54, 1.807) is 0 Å². The molecule has 0 spiro atoms. The normalized spacial score (nSPS) is 14.2. The molecule has 0 aliphatic carbocycles. The van der Waals surface area contributed by atoms with Gasteiger partial charge < -0.3 is 10.6 Å². The van der Waals surface area contributed by atoms with Crippen molar-refractivity contribution in [2.24, 2.45) is 4.99 Å². The van der Waals surface area contributed by atoms with E-state index in [0.717, 1.165) is 44.9 Å². The minimum atomic E-state index is 0. The van der Waals surface area contributed by atoms with E-state index in [0.29, 0.717) is 0 Å². The van der Waals surface area contributed by atoms with Gasteiger partial charge in [0.05, 0.1) is 0 Å². The zero-order chi connectivity index (χ0) is 11.1. The third-order valence-corrected chi connectivity index (χ3v) is 2.67. The summed E-state index contributed by atoms with van der Waals surface area (Å²) in [4.78, 5) is 4.37. The Morgan fingerprint density at radius 1 is 1.24 bits per heavy atom. The van der Waals surface area contributed by atoms with Crippen LogP contribution in [0.4, 0.5) is 0 Å². The first-order chi connectivity index (χ1) is 7.95. The standard InChI is InChI=1S/C13H19N3.HI/c1-2-6-12(7-3-1)8-4-9-14-13-15-10-5-11-16-13;/h1-3,6-7H,4-5,8-11H2,(H2,14,15,16);1H. The molecule has 1 aromatic carbocycles. The fraction of sp³-hybridized carbons (Fsp3) is 0.462. The third-order valence-electron chi connectivity index (χ3n) is 2.67. The minimum Gasteiger partial charge on any atom is -0.356 e. The molecule has 0 radical (unpaired) electrons. The number of nitrogens with one attached hydrogen (secondary N) is 2. The van der Waals surface area contributed by atoms with Crippen LogP contribution in [0.2, 0.25) is 0 Å². The van der Waals surface area contributed by atoms with E-state index < -0.39 is 0 Å². The topological polar surface area (TPSA) is 36.4 Å². The van der Waals surface area contributed by atoms with Gasteiger partial charge in [-0.05, 0) is 24.8 Å². The molecular formula is C13H20IN3. The van der Waals surface area contributed by atoms with Gasteiger partial charge in [-0.3, -0.25) is 4.99 Å². The van der Waals surface area contributed by atoms with Crippen molar-refractivity contribution in [3.05, 3.63) is 35.9 Å². The summed E-state index contributed by atoms with van der Waals surface area (Å²) in [5, 5.41) is 6.59. The highest BCUT2D eigenvalue weighted by Gasteiger charge is 2.01. The zero-order valence-electron chi connectivity index (χ0n) is 9.98. The molecule has 94 valence electrons. The second-order valence-corrected chi connectivity index (χ2v) is 4.03. The second kappa shape index (κ2) is 8.33. The summed E-state index contributed by atoms with van der Waals surface area (Å²) >= 11 is 0. The van der Waals surface area contributed by atoms with Gasteiger partial charge in [-0.25, -0.2) is 0 Å². The van der Waals surface area contributed by atoms with Crippen molar-refractivity contribution >= 4 is 29.9 Å². The zero-order valence-corrected chi connectivity index (χ0v) is 12.3. The van der Waals surface area contributed by atoms with Crippen LogP contribution in [-0.2, 0) is 6.42 Å². The molecule has 0 amide bonds. The fourth-order valence-corrected chi connectivity index (χ4v) is 1.79. The van der Waals surface area contributed by atoms with Crippen molar-refractivity contribution in [2.45, 2.75) is 19.3 Å². The SMILES string of the molecule is I.c1ccc(CCCNC2=NCCCN2)cc1. The number of benzene rings is 1. The fourth-order valence-electron chi connectivity index (χ4n) is 1.79. The Labute approximate surface area is 120 Å². The summed E-state index contributed by atoms with van der Waals surface area (Å²) in [6, 6.07) is 10.6. The number of nitrogens with zero attached hydrogens (tertiary/aromatic N) is 1. The van der Waals surface area contributed by atoms with Crippen molar-refractivity contribution in [3.63, 3.8) is 0 Å². The third kappa shape index (κ3) is 5.39. The molecule has 0 fully saturated rings. The van der Waals surface area contributed by atoms with Crippen LogP contribution < -0.4 is 10.6 Å². The van der Waals surface area contributed by atoms with Crippen molar-refractivity contribution in [1.29, 1.82) is 0 Å². The molecule has 1 aliphatic rings. The Morgan fingerprint density at radius 3 is 2.76 bits per heavy atom. The average Bonchev–Trinajstić information content (AvgIpc) is 2.37. The highest BCUT2D eigenvalue weighted by Crippen LogP contribution is 2.01. The average molecular weight is 345 g/mol. The number of halogens is 1. The number of aryl methyl sites for hydroxylation is 1. The van der Waals surface area contributed by atoms with Crippen molar-refractivity contribution in [3.8, 4) is 0 Å². The molecule has 2 rings (SSSR count). The second-order valence-electron chi connectivity index (χ2n) is 4.03. The van der Waals surface area contributed by atoms with E-state index in [4.69, 9.17) is 0 Å². The summed E-state index contributed by atoms with van der Waals surface area (Å²) in [6.07, 6.45) is 3.42. The molecule has 0 saturated heterocycles. The van der Waals surface area contributed by atoms with Crippen molar-refractivity contribution in [1.82, 2.24) is 10.6 Å². The molecule has 0 saturated carbocycles. The first kappa shape index (κ1) is 14.3. The van der Waals surface area contributed by atoms with Crippen molar-refractivity contribution in [2.75, 3.05) is 19.6 Å². The van der Waals surface area contributed by atoms with Gasteiger partial charge in [0.25, 0.3) is 0 Å². The highest BCUT2D eigenvalue weighted by atomic mass is 127. The van der Waals surface area contributed by atoms with Crippen LogP contribution in [0.1, 0.15) is 18.4 Å². The van der Waals surface area contributed by atoms with Crippen LogP contribution in [0.25, 0.3) is 0 Å². The number of aliphatic imine (C=N–C) groups is 1. The number of hydrogen-bond donors (Lipinski definition) is 2. The molecule has 0 atom stereocenters. The lowest BCUT2D eigenvalue weighted by atomic mass is 10.1. The summed E-state index contributed by atoms with van der Waals surface area (Å²) in [5.74, 6) is 0.972. The maximum atomic E-state index is 4.37. The largest absolute Gasteiger partial charge is 0.356 e. The van der Waals surface area contributed by atoms with E-state index in [2.05, 4.69) is 46.0 Å². The Bertz CT molecular complexity index is 338. The predicted octanol–water partition coefficient (Wildman–Crippen LogP) is 2.18. The lowest BCUT2D eigenvalue weighted by molar-refractivity contribution is 0.686. The quantitative estimate of drug-likeness (QED) is 0.648. The summed E-state index contributed by atoms with van der Waals surface area (Å²) in [7, 11) is 0. The van der Waals surface area contributed by atoms with Gasteiger partial charge in [-0.2, -0.15) is 0 Å². The van der Waals surface area contributed by atoms with Crippen LogP contribution in [-0.4, -0.2) is 25.6 Å². The molecule has 0 unspecified atom stereocenters. The number of guanidine groups is 1. The molecule has 4 heteroatoms. The van der Waals surface area contributed by atoms with E-state index in [9.17, 15) is 0 Å². The Balaban J connectivity index is 0.00000144. The monoisotopic (exact) mass is 345 g/mol. The molecule has 1 heterocycles. The van der Waals surface area contributed by atoms with Gasteiger partial charge in [0.2, 0.25) is 0 Å². The first-order valence-corrected chi connectivity index (χ1v) is 6.01. The predicted molar refractivity (Wildman–Crippen MR) is 83.1 cm³/mol. The van der Waals surface area contributed by atoms with E-state index >= 15 is 0 Å². The molecule has 3 nitrogen and oxygen atoms in total. The molecule has 1 aromatic rings. The lowest BCUT2D eigenvalue weighted by Gasteiger charge is -2.15. The first-order valence-electron chi connectivity index (χ1n) is 6.01. The maximum Gasteiger partial charge on any atom is 0.191 e. The summed E-state index contributed by atoms with van der Waals surface area (Å²) in [5.41, 5.74) is 1.41. The Hall–Kier alpha value is -0.780. The Kier molecular flexibility index (Phi) is 7.00. The van der Waals surface area contributed by atoms with Crippen molar-refractivity contribution < 1.29 is 0 Å².